The molecule has 0 unspecified atom stereocenters. The number of pyridine rings is 1. The molecule has 9 nitrogen and oxygen atoms in total. The predicted octanol–water partition coefficient (Wildman–Crippen LogP) is 3.02. The normalized spacial score (nSPS) is 23.8. The summed E-state index contributed by atoms with van der Waals surface area (Å²) in [4.78, 5) is 19.3. The number of aromatic nitrogens is 1. The quantitative estimate of drug-likeness (QED) is 0.500. The Morgan fingerprint density at radius 3 is 2.49 bits per heavy atom. The Morgan fingerprint density at radius 2 is 1.89 bits per heavy atom. The van der Waals surface area contributed by atoms with Crippen molar-refractivity contribution in [2.45, 2.75) is 83.5 Å². The molecule has 1 atom stereocenters. The maximum Gasteiger partial charge on any atom is 0.264 e. The summed E-state index contributed by atoms with van der Waals surface area (Å²) in [5.41, 5.74) is 0.329. The van der Waals surface area contributed by atoms with E-state index in [0.29, 0.717) is 18.4 Å². The van der Waals surface area contributed by atoms with Gasteiger partial charge in [-0.1, -0.05) is 0 Å². The van der Waals surface area contributed by atoms with E-state index >= 15 is 0 Å². The highest BCUT2D eigenvalue weighted by Gasteiger charge is 2.37. The Balaban J connectivity index is 1.57. The summed E-state index contributed by atoms with van der Waals surface area (Å²) >= 11 is 0. The van der Waals surface area contributed by atoms with Gasteiger partial charge in [0.1, 0.15) is 6.10 Å². The third-order valence-electron chi connectivity index (χ3n) is 6.64. The van der Waals surface area contributed by atoms with E-state index in [9.17, 15) is 17.6 Å². The van der Waals surface area contributed by atoms with Crippen molar-refractivity contribution in [3.8, 4) is 11.8 Å². The molecule has 1 N–H and O–H groups in total. The van der Waals surface area contributed by atoms with E-state index in [4.69, 9.17) is 13.7 Å². The number of carbonyl (C=O) groups excluding carboxylic acids is 1. The van der Waals surface area contributed by atoms with Gasteiger partial charge in [0.15, 0.2) is 5.82 Å². The third-order valence-corrected chi connectivity index (χ3v) is 7.20. The fourth-order valence-corrected chi connectivity index (χ4v) is 5.26. The maximum atomic E-state index is 14.8. The van der Waals surface area contributed by atoms with E-state index in [1.54, 1.807) is 0 Å². The second-order valence-electron chi connectivity index (χ2n) is 10.4. The summed E-state index contributed by atoms with van der Waals surface area (Å²) in [5.74, 6) is -0.512. The molecule has 11 heteroatoms. The molecule has 3 rings (SSSR count). The van der Waals surface area contributed by atoms with Crippen molar-refractivity contribution in [2.24, 2.45) is 5.92 Å². The minimum absolute atomic E-state index is 0.0863. The van der Waals surface area contributed by atoms with Gasteiger partial charge in [-0.25, -0.2) is 4.39 Å². The zero-order valence-electron chi connectivity index (χ0n) is 21.3. The number of methoxy groups -OCH3 is 1. The van der Waals surface area contributed by atoms with Crippen LogP contribution >= 0.6 is 0 Å². The predicted molar refractivity (Wildman–Crippen MR) is 129 cm³/mol. The number of carbonyl (C=O) groups is 1. The van der Waals surface area contributed by atoms with Crippen LogP contribution in [0.2, 0.25) is 0 Å². The number of rotatable bonds is 9. The van der Waals surface area contributed by atoms with Gasteiger partial charge in [0.2, 0.25) is 11.8 Å². The molecule has 1 aromatic rings. The summed E-state index contributed by atoms with van der Waals surface area (Å²) in [6, 6.07) is 1.09. The Bertz CT molecular complexity index is 990. The highest BCUT2D eigenvalue weighted by Crippen LogP contribution is 2.31. The first-order valence-electron chi connectivity index (χ1n) is 12.2. The SMILES string of the molecule is COc1nc(OC2CCC(COS(C)(=O)=O)CC2)c(F)cc1CNC(=O)[C@@H]1CCCN1C(C)(C)C. The Kier molecular flexibility index (Phi) is 8.98. The number of nitrogens with zero attached hydrogens (tertiary/aromatic N) is 2. The monoisotopic (exact) mass is 515 g/mol. The molecule has 1 saturated heterocycles. The first kappa shape index (κ1) is 27.6. The number of halogens is 1. The molecule has 0 spiro atoms. The molecular formula is C24H38FN3O6S. The van der Waals surface area contributed by atoms with Crippen LogP contribution in [0.1, 0.15) is 64.9 Å². The molecule has 0 radical (unpaired) electrons. The standard InChI is InChI=1S/C24H38FN3O6S/c1-24(2,3)28-12-6-7-20(28)21(29)26-14-17-13-19(25)23(27-22(17)32-4)34-18-10-8-16(9-11-18)15-33-35(5,30)31/h13,16,18,20H,6-12,14-15H2,1-5H3,(H,26,29)/t16?,18?,20-/m0/s1. The molecule has 0 bridgehead atoms. The average Bonchev–Trinajstić information content (AvgIpc) is 3.29. The van der Waals surface area contributed by atoms with Crippen molar-refractivity contribution in [1.29, 1.82) is 0 Å². The van der Waals surface area contributed by atoms with Crippen LogP contribution < -0.4 is 14.8 Å². The van der Waals surface area contributed by atoms with E-state index in [0.717, 1.165) is 38.5 Å². The van der Waals surface area contributed by atoms with Gasteiger partial charge in [-0.2, -0.15) is 13.4 Å². The molecule has 1 aliphatic heterocycles. The fraction of sp³-hybridized carbons (Fsp3) is 0.750. The molecule has 1 amide bonds. The molecule has 1 aliphatic carbocycles. The van der Waals surface area contributed by atoms with Crippen LogP contribution in [0.5, 0.6) is 11.8 Å². The van der Waals surface area contributed by atoms with Crippen molar-refractivity contribution < 1.29 is 31.3 Å². The maximum absolute atomic E-state index is 14.8. The molecule has 35 heavy (non-hydrogen) atoms. The lowest BCUT2D eigenvalue weighted by molar-refractivity contribution is -0.127. The zero-order valence-corrected chi connectivity index (χ0v) is 22.1. The molecule has 2 aliphatic rings. The lowest BCUT2D eigenvalue weighted by Crippen LogP contribution is -2.51. The molecule has 2 fully saturated rings. The number of amides is 1. The number of ether oxygens (including phenoxy) is 2. The van der Waals surface area contributed by atoms with E-state index in [1.165, 1.54) is 13.2 Å². The van der Waals surface area contributed by atoms with Crippen molar-refractivity contribution in [3.63, 3.8) is 0 Å². The lowest BCUT2D eigenvalue weighted by atomic mass is 9.88. The van der Waals surface area contributed by atoms with E-state index in [-0.39, 0.29) is 54.4 Å². The van der Waals surface area contributed by atoms with Gasteiger partial charge >= 0.3 is 0 Å². The molecule has 2 heterocycles. The molecule has 1 aromatic heterocycles. The Labute approximate surface area is 207 Å². The minimum Gasteiger partial charge on any atom is -0.481 e. The summed E-state index contributed by atoms with van der Waals surface area (Å²) in [6.45, 7) is 7.41. The van der Waals surface area contributed by atoms with Gasteiger partial charge in [-0.3, -0.25) is 13.9 Å². The Morgan fingerprint density at radius 1 is 1.20 bits per heavy atom. The molecular weight excluding hydrogens is 477 g/mol. The van der Waals surface area contributed by atoms with Crippen molar-refractivity contribution >= 4 is 16.0 Å². The number of hydrogen-bond acceptors (Lipinski definition) is 8. The van der Waals surface area contributed by atoms with E-state index in [2.05, 4.69) is 36.0 Å². The first-order valence-corrected chi connectivity index (χ1v) is 14.0. The van der Waals surface area contributed by atoms with Crippen molar-refractivity contribution in [3.05, 3.63) is 17.4 Å². The van der Waals surface area contributed by atoms with Gasteiger partial charge in [0, 0.05) is 17.6 Å². The number of hydrogen-bond donors (Lipinski definition) is 1. The summed E-state index contributed by atoms with van der Waals surface area (Å²) in [5, 5.41) is 2.91. The van der Waals surface area contributed by atoms with E-state index in [1.807, 2.05) is 0 Å². The topological polar surface area (TPSA) is 107 Å². The highest BCUT2D eigenvalue weighted by atomic mass is 32.2. The minimum atomic E-state index is -3.46. The van der Waals surface area contributed by atoms with Gasteiger partial charge in [0.05, 0.1) is 26.0 Å². The first-order chi connectivity index (χ1) is 16.4. The second kappa shape index (κ2) is 11.4. The average molecular weight is 516 g/mol. The highest BCUT2D eigenvalue weighted by molar-refractivity contribution is 7.85. The molecule has 198 valence electrons. The van der Waals surface area contributed by atoms with Gasteiger partial charge in [-0.15, -0.1) is 0 Å². The van der Waals surface area contributed by atoms with Crippen LogP contribution in [0, 0.1) is 11.7 Å². The van der Waals surface area contributed by atoms with Crippen LogP contribution in [-0.4, -0.2) is 68.4 Å². The summed E-state index contributed by atoms with van der Waals surface area (Å²) in [6.07, 6.45) is 5.29. The molecule has 1 saturated carbocycles. The van der Waals surface area contributed by atoms with Crippen LogP contribution in [-0.2, 0) is 25.6 Å². The summed E-state index contributed by atoms with van der Waals surface area (Å²) < 4.78 is 53.3. The molecule has 0 aromatic carbocycles. The van der Waals surface area contributed by atoms with Crippen LogP contribution in [0.4, 0.5) is 4.39 Å². The summed E-state index contributed by atoms with van der Waals surface area (Å²) in [7, 11) is -2.02. The van der Waals surface area contributed by atoms with Crippen molar-refractivity contribution in [2.75, 3.05) is 26.5 Å². The van der Waals surface area contributed by atoms with Crippen LogP contribution in [0.25, 0.3) is 0 Å². The number of nitrogens with one attached hydrogen (secondary N) is 1. The van der Waals surface area contributed by atoms with Gasteiger partial charge in [-0.05, 0) is 77.8 Å². The Hall–Kier alpha value is -1.98. The number of likely N-dealkylation sites (tertiary alicyclic amines) is 1. The zero-order chi connectivity index (χ0) is 25.8. The fourth-order valence-electron chi connectivity index (χ4n) is 4.82. The second-order valence-corrected chi connectivity index (χ2v) is 12.1. The van der Waals surface area contributed by atoms with Crippen LogP contribution in [0.3, 0.4) is 0 Å². The third kappa shape index (κ3) is 7.75. The van der Waals surface area contributed by atoms with Gasteiger partial charge < -0.3 is 14.8 Å². The van der Waals surface area contributed by atoms with E-state index < -0.39 is 15.9 Å². The largest absolute Gasteiger partial charge is 0.481 e. The van der Waals surface area contributed by atoms with Crippen molar-refractivity contribution in [1.82, 2.24) is 15.2 Å². The smallest absolute Gasteiger partial charge is 0.264 e. The lowest BCUT2D eigenvalue weighted by Gasteiger charge is -2.36. The van der Waals surface area contributed by atoms with Gasteiger partial charge in [0.25, 0.3) is 16.0 Å². The van der Waals surface area contributed by atoms with Crippen LogP contribution in [0.15, 0.2) is 6.07 Å².